The summed E-state index contributed by atoms with van der Waals surface area (Å²) in [5.41, 5.74) is 1.67. The smallest absolute Gasteiger partial charge is 0.294 e. The van der Waals surface area contributed by atoms with E-state index in [2.05, 4.69) is 5.32 Å². The fourth-order valence-corrected chi connectivity index (χ4v) is 1.75. The molecule has 14 heavy (non-hydrogen) atoms. The Morgan fingerprint density at radius 3 is 2.50 bits per heavy atom. The van der Waals surface area contributed by atoms with Crippen molar-refractivity contribution in [1.29, 1.82) is 0 Å². The molecule has 4 nitrogen and oxygen atoms in total. The molecular weight excluding hydrogens is 202 g/mol. The summed E-state index contributed by atoms with van der Waals surface area (Å²) in [5, 5.41) is 3.08. The highest BCUT2D eigenvalue weighted by Gasteiger charge is 2.10. The molecule has 0 unspecified atom stereocenters. The summed E-state index contributed by atoms with van der Waals surface area (Å²) in [5.74, 6) is 0. The van der Waals surface area contributed by atoms with E-state index in [0.717, 1.165) is 17.8 Å². The van der Waals surface area contributed by atoms with Gasteiger partial charge in [-0.05, 0) is 37.6 Å². The van der Waals surface area contributed by atoms with Gasteiger partial charge in [-0.25, -0.2) is 0 Å². The van der Waals surface area contributed by atoms with Gasteiger partial charge in [0.2, 0.25) is 0 Å². The second-order valence-electron chi connectivity index (χ2n) is 2.98. The molecular formula is C9H13NO3S. The van der Waals surface area contributed by atoms with Gasteiger partial charge in [0.25, 0.3) is 10.1 Å². The first-order valence-corrected chi connectivity index (χ1v) is 5.71. The van der Waals surface area contributed by atoms with E-state index in [9.17, 15) is 8.42 Å². The van der Waals surface area contributed by atoms with Crippen LogP contribution in [0.4, 0.5) is 5.69 Å². The Balaban J connectivity index is 3.13. The summed E-state index contributed by atoms with van der Waals surface area (Å²) in [6.45, 7) is 4.51. The number of nitrogens with one attached hydrogen (secondary N) is 1. The van der Waals surface area contributed by atoms with Crippen molar-refractivity contribution < 1.29 is 13.0 Å². The number of hydrogen-bond donors (Lipinski definition) is 2. The molecule has 0 heterocycles. The SMILES string of the molecule is CCNc1ccc(S(=O)(=O)O)cc1C. The van der Waals surface area contributed by atoms with Crippen LogP contribution in [0.5, 0.6) is 0 Å². The standard InChI is InChI=1S/C9H13NO3S/c1-3-10-9-5-4-8(6-7(9)2)14(11,12)13/h4-6,10H,3H2,1-2H3,(H,11,12,13). The maximum atomic E-state index is 10.8. The summed E-state index contributed by atoms with van der Waals surface area (Å²) >= 11 is 0. The van der Waals surface area contributed by atoms with Gasteiger partial charge >= 0.3 is 0 Å². The highest BCUT2D eigenvalue weighted by atomic mass is 32.2. The quantitative estimate of drug-likeness (QED) is 0.753. The van der Waals surface area contributed by atoms with Gasteiger partial charge in [0.15, 0.2) is 0 Å². The van der Waals surface area contributed by atoms with Gasteiger partial charge in [-0.1, -0.05) is 0 Å². The highest BCUT2D eigenvalue weighted by Crippen LogP contribution is 2.18. The zero-order valence-corrected chi connectivity index (χ0v) is 8.93. The van der Waals surface area contributed by atoms with Gasteiger partial charge in [0, 0.05) is 12.2 Å². The largest absolute Gasteiger partial charge is 0.385 e. The van der Waals surface area contributed by atoms with E-state index in [1.807, 2.05) is 6.92 Å². The number of aryl methyl sites for hydroxylation is 1. The van der Waals surface area contributed by atoms with E-state index < -0.39 is 10.1 Å². The second kappa shape index (κ2) is 3.98. The molecule has 2 N–H and O–H groups in total. The number of hydrogen-bond acceptors (Lipinski definition) is 3. The lowest BCUT2D eigenvalue weighted by atomic mass is 10.2. The first-order valence-electron chi connectivity index (χ1n) is 4.27. The van der Waals surface area contributed by atoms with Crippen LogP contribution in [0.3, 0.4) is 0 Å². The molecule has 1 rings (SSSR count). The van der Waals surface area contributed by atoms with Crippen LogP contribution in [0.2, 0.25) is 0 Å². The molecule has 0 bridgehead atoms. The van der Waals surface area contributed by atoms with Gasteiger partial charge in [-0.3, -0.25) is 4.55 Å². The van der Waals surface area contributed by atoms with Crippen LogP contribution in [0.15, 0.2) is 23.1 Å². The predicted molar refractivity (Wildman–Crippen MR) is 55.2 cm³/mol. The molecule has 0 atom stereocenters. The van der Waals surface area contributed by atoms with E-state index in [1.165, 1.54) is 12.1 Å². The summed E-state index contributed by atoms with van der Waals surface area (Å²) in [6.07, 6.45) is 0. The minimum absolute atomic E-state index is 0.0725. The van der Waals surface area contributed by atoms with E-state index >= 15 is 0 Å². The molecule has 5 heteroatoms. The van der Waals surface area contributed by atoms with Crippen molar-refractivity contribution in [2.45, 2.75) is 18.7 Å². The molecule has 0 aliphatic carbocycles. The third-order valence-corrected chi connectivity index (χ3v) is 2.71. The Morgan fingerprint density at radius 1 is 1.43 bits per heavy atom. The molecule has 0 aromatic heterocycles. The minimum atomic E-state index is -4.08. The fraction of sp³-hybridized carbons (Fsp3) is 0.333. The second-order valence-corrected chi connectivity index (χ2v) is 4.40. The van der Waals surface area contributed by atoms with Gasteiger partial charge in [0.1, 0.15) is 0 Å². The van der Waals surface area contributed by atoms with Crippen LogP contribution in [-0.2, 0) is 10.1 Å². The Bertz CT molecular complexity index is 426. The lowest BCUT2D eigenvalue weighted by Gasteiger charge is -2.07. The molecule has 0 saturated heterocycles. The minimum Gasteiger partial charge on any atom is -0.385 e. The molecule has 0 fully saturated rings. The van der Waals surface area contributed by atoms with Crippen LogP contribution in [-0.4, -0.2) is 19.5 Å². The van der Waals surface area contributed by atoms with Crippen molar-refractivity contribution >= 4 is 15.8 Å². The first-order chi connectivity index (χ1) is 6.45. The van der Waals surface area contributed by atoms with Gasteiger partial charge < -0.3 is 5.32 Å². The summed E-state index contributed by atoms with van der Waals surface area (Å²) < 4.78 is 30.4. The maximum Gasteiger partial charge on any atom is 0.294 e. The van der Waals surface area contributed by atoms with Crippen molar-refractivity contribution in [3.05, 3.63) is 23.8 Å². The Hall–Kier alpha value is -1.07. The van der Waals surface area contributed by atoms with Crippen molar-refractivity contribution in [2.75, 3.05) is 11.9 Å². The topological polar surface area (TPSA) is 66.4 Å². The van der Waals surface area contributed by atoms with E-state index in [1.54, 1.807) is 13.0 Å². The van der Waals surface area contributed by atoms with E-state index in [0.29, 0.717) is 0 Å². The normalized spacial score (nSPS) is 11.4. The van der Waals surface area contributed by atoms with Crippen molar-refractivity contribution in [3.8, 4) is 0 Å². The lowest BCUT2D eigenvalue weighted by Crippen LogP contribution is -2.02. The number of anilines is 1. The Kier molecular flexibility index (Phi) is 3.13. The number of benzene rings is 1. The van der Waals surface area contributed by atoms with Crippen LogP contribution >= 0.6 is 0 Å². The predicted octanol–water partition coefficient (Wildman–Crippen LogP) is 1.67. The van der Waals surface area contributed by atoms with Crippen molar-refractivity contribution in [3.63, 3.8) is 0 Å². The highest BCUT2D eigenvalue weighted by molar-refractivity contribution is 7.85. The third-order valence-electron chi connectivity index (χ3n) is 1.86. The number of rotatable bonds is 3. The van der Waals surface area contributed by atoms with Gasteiger partial charge in [0.05, 0.1) is 4.90 Å². The Morgan fingerprint density at radius 2 is 2.07 bits per heavy atom. The average molecular weight is 215 g/mol. The summed E-state index contributed by atoms with van der Waals surface area (Å²) in [6, 6.07) is 4.45. The maximum absolute atomic E-state index is 10.8. The zero-order valence-electron chi connectivity index (χ0n) is 8.11. The van der Waals surface area contributed by atoms with Crippen LogP contribution < -0.4 is 5.32 Å². The lowest BCUT2D eigenvalue weighted by molar-refractivity contribution is 0.483. The molecule has 0 saturated carbocycles. The molecule has 1 aromatic carbocycles. The monoisotopic (exact) mass is 215 g/mol. The molecule has 0 spiro atoms. The average Bonchev–Trinajstić information content (AvgIpc) is 2.07. The molecule has 78 valence electrons. The third kappa shape index (κ3) is 2.46. The van der Waals surface area contributed by atoms with Crippen LogP contribution in [0.1, 0.15) is 12.5 Å². The zero-order chi connectivity index (χ0) is 10.8. The van der Waals surface area contributed by atoms with Crippen LogP contribution in [0, 0.1) is 6.92 Å². The Labute approximate surface area is 83.7 Å². The molecule has 0 aliphatic heterocycles. The summed E-state index contributed by atoms with van der Waals surface area (Å²) in [7, 11) is -4.08. The van der Waals surface area contributed by atoms with Gasteiger partial charge in [-0.2, -0.15) is 8.42 Å². The fourth-order valence-electron chi connectivity index (χ4n) is 1.19. The van der Waals surface area contributed by atoms with Gasteiger partial charge in [-0.15, -0.1) is 0 Å². The molecule has 0 radical (unpaired) electrons. The van der Waals surface area contributed by atoms with E-state index in [4.69, 9.17) is 4.55 Å². The first kappa shape index (κ1) is 11.0. The van der Waals surface area contributed by atoms with E-state index in [-0.39, 0.29) is 4.90 Å². The van der Waals surface area contributed by atoms with Crippen LogP contribution in [0.25, 0.3) is 0 Å². The molecule has 1 aromatic rings. The summed E-state index contributed by atoms with van der Waals surface area (Å²) in [4.78, 5) is -0.0725. The molecule has 0 amide bonds. The molecule has 0 aliphatic rings. The van der Waals surface area contributed by atoms with Crippen molar-refractivity contribution in [2.24, 2.45) is 0 Å². The van der Waals surface area contributed by atoms with Crippen molar-refractivity contribution in [1.82, 2.24) is 0 Å².